The summed E-state index contributed by atoms with van der Waals surface area (Å²) in [6.07, 6.45) is 5.70. The van der Waals surface area contributed by atoms with Crippen LogP contribution in [0.1, 0.15) is 72.3 Å². The third kappa shape index (κ3) is 5.44. The number of nitrogens with zero attached hydrogens (tertiary/aromatic N) is 3. The van der Waals surface area contributed by atoms with E-state index in [-0.39, 0.29) is 34.0 Å². The Bertz CT molecular complexity index is 1660. The molecule has 14 heteroatoms. The van der Waals surface area contributed by atoms with Crippen LogP contribution in [0.2, 0.25) is 0 Å². The van der Waals surface area contributed by atoms with Gasteiger partial charge in [0, 0.05) is 47.2 Å². The molecule has 0 unspecified atom stereocenters. The molecule has 3 aliphatic heterocycles. The molecule has 3 amide bonds. The number of fused-ring (bicyclic) bond motifs is 2. The molecule has 0 saturated carbocycles. The lowest BCUT2D eigenvalue weighted by molar-refractivity contribution is -0.152. The molecule has 10 nitrogen and oxygen atoms in total. The number of carbonyl (C=O) groups excluding carboxylic acids is 3. The molecule has 0 radical (unpaired) electrons. The van der Waals surface area contributed by atoms with Crippen molar-refractivity contribution >= 4 is 46.7 Å². The fraction of sp³-hybridized carbons (Fsp3) is 0.467. The number of pyridine rings is 1. The monoisotopic (exact) mass is 646 g/mol. The van der Waals surface area contributed by atoms with Crippen LogP contribution in [-0.4, -0.2) is 73.0 Å². The average Bonchev–Trinajstić information content (AvgIpc) is 3.57. The number of hydrogen-bond acceptors (Lipinski definition) is 6. The van der Waals surface area contributed by atoms with Crippen molar-refractivity contribution in [2.45, 2.75) is 74.7 Å². The Morgan fingerprint density at radius 1 is 1.11 bits per heavy atom. The zero-order chi connectivity index (χ0) is 31.4. The second kappa shape index (κ2) is 11.3. The van der Waals surface area contributed by atoms with Crippen LogP contribution in [0.3, 0.4) is 0 Å². The molecule has 3 saturated heterocycles. The number of nitrogens with one attached hydrogen (secondary N) is 1. The van der Waals surface area contributed by atoms with Crippen LogP contribution >= 0.6 is 18.9 Å². The summed E-state index contributed by atoms with van der Waals surface area (Å²) in [5, 5.41) is 3.12. The van der Waals surface area contributed by atoms with Gasteiger partial charge >= 0.3 is 13.3 Å². The fourth-order valence-corrected chi connectivity index (χ4v) is 7.99. The molecular weight excluding hydrogens is 613 g/mol. The van der Waals surface area contributed by atoms with Gasteiger partial charge in [-0.15, -0.1) is 11.3 Å². The maximum Gasteiger partial charge on any atom is 0.399 e. The Kier molecular flexibility index (Phi) is 7.88. The summed E-state index contributed by atoms with van der Waals surface area (Å²) in [6, 6.07) is 9.56. The summed E-state index contributed by atoms with van der Waals surface area (Å²) in [5.74, 6) is -0.802. The number of aromatic nitrogens is 1. The van der Waals surface area contributed by atoms with Gasteiger partial charge in [0.2, 0.25) is 11.8 Å². The van der Waals surface area contributed by atoms with E-state index >= 15 is 0 Å². The quantitative estimate of drug-likeness (QED) is 0.334. The molecule has 3 aliphatic rings. The standard InChI is InChI=1S/C30H33F2N4O6PS/c1-29(34-26(37)25-15-18-14-20(8-11-24(18)44-25)30(31,32)43(40,41)42)12-4-2-6-21-9-10-23(36(21)28(29)39)27(38)35-16-19(17-35)22-7-3-5-13-33-22/h3,5,7-8,11,13-15,19,21,23H,2,4,6,9-10,12,16-17H2,1H3,(H,34,37)(H2,40,41,42)/t21-,23-,29-/m0/s1. The van der Waals surface area contributed by atoms with Crippen molar-refractivity contribution in [2.24, 2.45) is 0 Å². The molecule has 234 valence electrons. The van der Waals surface area contributed by atoms with Gasteiger partial charge < -0.3 is 24.9 Å². The first kappa shape index (κ1) is 30.8. The minimum absolute atomic E-state index is 0.0882. The van der Waals surface area contributed by atoms with E-state index in [2.05, 4.69) is 10.3 Å². The molecule has 3 aromatic rings. The maximum atomic E-state index is 14.3. The number of thiophene rings is 1. The number of amides is 3. The van der Waals surface area contributed by atoms with E-state index in [0.29, 0.717) is 43.5 Å². The van der Waals surface area contributed by atoms with Crippen molar-refractivity contribution in [1.29, 1.82) is 0 Å². The molecule has 6 rings (SSSR count). The third-order valence-electron chi connectivity index (χ3n) is 9.10. The van der Waals surface area contributed by atoms with Crippen LogP contribution in [0.25, 0.3) is 10.1 Å². The molecule has 3 fully saturated rings. The number of rotatable bonds is 6. The lowest BCUT2D eigenvalue weighted by Gasteiger charge is -2.44. The van der Waals surface area contributed by atoms with Crippen LogP contribution in [0.15, 0.2) is 48.7 Å². The molecule has 5 heterocycles. The highest BCUT2D eigenvalue weighted by atomic mass is 32.1. The first-order chi connectivity index (χ1) is 20.8. The van der Waals surface area contributed by atoms with Crippen LogP contribution in [-0.2, 0) is 19.8 Å². The molecule has 1 aromatic carbocycles. The van der Waals surface area contributed by atoms with Crippen LogP contribution in [0.4, 0.5) is 8.78 Å². The summed E-state index contributed by atoms with van der Waals surface area (Å²) in [6.45, 7) is 2.75. The van der Waals surface area contributed by atoms with Gasteiger partial charge in [0.15, 0.2) is 0 Å². The number of benzene rings is 1. The Morgan fingerprint density at radius 2 is 1.89 bits per heavy atom. The molecule has 2 aromatic heterocycles. The highest BCUT2D eigenvalue weighted by Crippen LogP contribution is 2.59. The zero-order valence-corrected chi connectivity index (χ0v) is 25.7. The summed E-state index contributed by atoms with van der Waals surface area (Å²) in [5.41, 5.74) is -5.58. The van der Waals surface area contributed by atoms with Gasteiger partial charge in [-0.1, -0.05) is 25.0 Å². The number of carbonyl (C=O) groups is 3. The van der Waals surface area contributed by atoms with Crippen LogP contribution < -0.4 is 5.32 Å². The number of hydrogen-bond donors (Lipinski definition) is 3. The average molecular weight is 647 g/mol. The fourth-order valence-electron chi connectivity index (χ4n) is 6.58. The molecule has 0 spiro atoms. The molecule has 3 atom stereocenters. The van der Waals surface area contributed by atoms with Crippen molar-refractivity contribution in [3.05, 3.63) is 64.8 Å². The van der Waals surface area contributed by atoms with Gasteiger partial charge in [0.1, 0.15) is 11.6 Å². The maximum absolute atomic E-state index is 14.3. The summed E-state index contributed by atoms with van der Waals surface area (Å²) < 4.78 is 40.4. The normalized spacial score (nSPS) is 24.9. The van der Waals surface area contributed by atoms with Gasteiger partial charge in [0.05, 0.1) is 4.88 Å². The van der Waals surface area contributed by atoms with Crippen molar-refractivity contribution in [1.82, 2.24) is 20.1 Å². The van der Waals surface area contributed by atoms with E-state index in [1.807, 2.05) is 18.2 Å². The third-order valence-corrected chi connectivity index (χ3v) is 11.2. The second-order valence-electron chi connectivity index (χ2n) is 12.1. The zero-order valence-electron chi connectivity index (χ0n) is 24.0. The lowest BCUT2D eigenvalue weighted by Crippen LogP contribution is -2.63. The molecular formula is C30H33F2N4O6PS. The Balaban J connectivity index is 1.19. The predicted octanol–water partition coefficient (Wildman–Crippen LogP) is 4.57. The minimum Gasteiger partial charge on any atom is -0.339 e. The number of alkyl halides is 2. The smallest absolute Gasteiger partial charge is 0.339 e. The van der Waals surface area contributed by atoms with E-state index < -0.39 is 36.3 Å². The second-order valence-corrected chi connectivity index (χ2v) is 14.9. The van der Waals surface area contributed by atoms with E-state index in [0.717, 1.165) is 42.0 Å². The van der Waals surface area contributed by atoms with Crippen molar-refractivity contribution < 1.29 is 37.5 Å². The van der Waals surface area contributed by atoms with Gasteiger partial charge in [-0.05, 0) is 68.3 Å². The van der Waals surface area contributed by atoms with Gasteiger partial charge in [0.25, 0.3) is 5.91 Å². The van der Waals surface area contributed by atoms with Crippen molar-refractivity contribution in [3.63, 3.8) is 0 Å². The number of halogens is 2. The number of likely N-dealkylation sites (tertiary alicyclic amines) is 1. The van der Waals surface area contributed by atoms with Gasteiger partial charge in [-0.25, -0.2) is 0 Å². The summed E-state index contributed by atoms with van der Waals surface area (Å²) >= 11 is 1.03. The van der Waals surface area contributed by atoms with E-state index in [1.54, 1.807) is 22.9 Å². The van der Waals surface area contributed by atoms with Crippen molar-refractivity contribution in [3.8, 4) is 0 Å². The Hall–Kier alpha value is -3.25. The molecule has 0 bridgehead atoms. The SMILES string of the molecule is C[C@]1(NC(=O)c2cc3cc(C(F)(F)P(=O)(O)O)ccc3s2)CCCC[C@H]2CC[C@@H](C(=O)N3CC(c4ccccn4)C3)N2C1=O. The first-order valence-electron chi connectivity index (χ1n) is 14.6. The predicted molar refractivity (Wildman–Crippen MR) is 159 cm³/mol. The Labute approximate surface area is 256 Å². The summed E-state index contributed by atoms with van der Waals surface area (Å²) in [7, 11) is -5.75. The van der Waals surface area contributed by atoms with Crippen LogP contribution in [0, 0.1) is 0 Å². The molecule has 44 heavy (non-hydrogen) atoms. The molecule has 0 aliphatic carbocycles. The topological polar surface area (TPSA) is 140 Å². The van der Waals surface area contributed by atoms with Gasteiger partial charge in [-0.3, -0.25) is 23.9 Å². The van der Waals surface area contributed by atoms with E-state index in [4.69, 9.17) is 9.79 Å². The van der Waals surface area contributed by atoms with E-state index in [9.17, 15) is 27.7 Å². The highest BCUT2D eigenvalue weighted by molar-refractivity contribution is 7.52. The highest BCUT2D eigenvalue weighted by Gasteiger charge is 2.51. The van der Waals surface area contributed by atoms with Gasteiger partial charge in [-0.2, -0.15) is 8.78 Å². The Morgan fingerprint density at radius 3 is 2.59 bits per heavy atom. The summed E-state index contributed by atoms with van der Waals surface area (Å²) in [4.78, 5) is 67.6. The largest absolute Gasteiger partial charge is 0.399 e. The van der Waals surface area contributed by atoms with Crippen molar-refractivity contribution in [2.75, 3.05) is 13.1 Å². The lowest BCUT2D eigenvalue weighted by atomic mass is 9.88. The molecule has 3 N–H and O–H groups in total. The minimum atomic E-state index is -5.75. The first-order valence-corrected chi connectivity index (χ1v) is 17.0. The van der Waals surface area contributed by atoms with E-state index in [1.165, 1.54) is 12.1 Å². The van der Waals surface area contributed by atoms with Crippen LogP contribution in [0.5, 0.6) is 0 Å².